The highest BCUT2D eigenvalue weighted by molar-refractivity contribution is 6.31. The molecule has 3 nitrogen and oxygen atoms in total. The monoisotopic (exact) mass is 290 g/mol. The van der Waals surface area contributed by atoms with Crippen molar-refractivity contribution in [1.82, 2.24) is 4.98 Å². The quantitative estimate of drug-likeness (QED) is 0.798. The Labute approximate surface area is 124 Å². The van der Waals surface area contributed by atoms with Gasteiger partial charge in [0.15, 0.2) is 5.15 Å². The first kappa shape index (κ1) is 14.7. The van der Waals surface area contributed by atoms with Gasteiger partial charge in [0.05, 0.1) is 12.3 Å². The second kappa shape index (κ2) is 7.15. The molecule has 0 amide bonds. The minimum absolute atomic E-state index is 0.494. The number of pyridine rings is 1. The average Bonchev–Trinajstić information content (AvgIpc) is 2.46. The van der Waals surface area contributed by atoms with Crippen molar-refractivity contribution in [3.05, 3.63) is 52.8 Å². The number of nitrogens with zero attached hydrogens (tertiary/aromatic N) is 1. The van der Waals surface area contributed by atoms with Gasteiger partial charge in [-0.25, -0.2) is 4.98 Å². The van der Waals surface area contributed by atoms with Crippen LogP contribution < -0.4 is 10.1 Å². The first-order chi connectivity index (χ1) is 9.69. The molecule has 0 aliphatic heterocycles. The number of rotatable bonds is 6. The molecule has 0 bridgehead atoms. The summed E-state index contributed by atoms with van der Waals surface area (Å²) in [5, 5.41) is 3.80. The van der Waals surface area contributed by atoms with Gasteiger partial charge in [-0.1, -0.05) is 30.7 Å². The Morgan fingerprint density at radius 3 is 2.95 bits per heavy atom. The lowest BCUT2D eigenvalue weighted by molar-refractivity contribution is 0.317. The van der Waals surface area contributed by atoms with E-state index in [1.165, 1.54) is 0 Å². The Bertz CT molecular complexity index is 572. The SMILES string of the molecule is CCCOc1cccc(CNc2cc(C)cnc2Cl)c1. The van der Waals surface area contributed by atoms with Gasteiger partial charge >= 0.3 is 0 Å². The van der Waals surface area contributed by atoms with Crippen molar-refractivity contribution in [2.45, 2.75) is 26.8 Å². The summed E-state index contributed by atoms with van der Waals surface area (Å²) in [4.78, 5) is 4.13. The number of hydrogen-bond acceptors (Lipinski definition) is 3. The summed E-state index contributed by atoms with van der Waals surface area (Å²) in [5.74, 6) is 0.902. The van der Waals surface area contributed by atoms with Gasteiger partial charge in [-0.05, 0) is 42.7 Å². The molecule has 0 aliphatic carbocycles. The maximum atomic E-state index is 6.06. The fourth-order valence-electron chi connectivity index (χ4n) is 1.84. The number of aromatic nitrogens is 1. The van der Waals surface area contributed by atoms with Crippen molar-refractivity contribution in [1.29, 1.82) is 0 Å². The zero-order valence-corrected chi connectivity index (χ0v) is 12.6. The van der Waals surface area contributed by atoms with Gasteiger partial charge < -0.3 is 10.1 Å². The minimum Gasteiger partial charge on any atom is -0.494 e. The van der Waals surface area contributed by atoms with E-state index in [1.807, 2.05) is 31.2 Å². The predicted octanol–water partition coefficient (Wildman–Crippen LogP) is 4.44. The average molecular weight is 291 g/mol. The van der Waals surface area contributed by atoms with Crippen LogP contribution in [0, 0.1) is 6.92 Å². The van der Waals surface area contributed by atoms with E-state index in [-0.39, 0.29) is 0 Å². The Balaban J connectivity index is 2.01. The van der Waals surface area contributed by atoms with Gasteiger partial charge in [-0.2, -0.15) is 0 Å². The van der Waals surface area contributed by atoms with Crippen LogP contribution in [-0.2, 0) is 6.54 Å². The number of nitrogens with one attached hydrogen (secondary N) is 1. The van der Waals surface area contributed by atoms with E-state index in [0.29, 0.717) is 11.7 Å². The summed E-state index contributed by atoms with van der Waals surface area (Å²) in [5.41, 5.74) is 3.08. The Morgan fingerprint density at radius 2 is 2.15 bits per heavy atom. The maximum absolute atomic E-state index is 6.06. The van der Waals surface area contributed by atoms with Gasteiger partial charge in [0, 0.05) is 12.7 Å². The lowest BCUT2D eigenvalue weighted by Crippen LogP contribution is -2.02. The highest BCUT2D eigenvalue weighted by Gasteiger charge is 2.02. The highest BCUT2D eigenvalue weighted by Crippen LogP contribution is 2.21. The lowest BCUT2D eigenvalue weighted by Gasteiger charge is -2.10. The number of anilines is 1. The third kappa shape index (κ3) is 4.14. The number of halogens is 1. The van der Waals surface area contributed by atoms with Crippen LogP contribution in [-0.4, -0.2) is 11.6 Å². The van der Waals surface area contributed by atoms with E-state index in [9.17, 15) is 0 Å². The molecule has 0 fully saturated rings. The van der Waals surface area contributed by atoms with Crippen LogP contribution in [0.1, 0.15) is 24.5 Å². The van der Waals surface area contributed by atoms with Gasteiger partial charge in [0.1, 0.15) is 5.75 Å². The van der Waals surface area contributed by atoms with Crippen molar-refractivity contribution >= 4 is 17.3 Å². The van der Waals surface area contributed by atoms with Crippen LogP contribution in [0.2, 0.25) is 5.15 Å². The second-order valence-corrected chi connectivity index (χ2v) is 5.06. The smallest absolute Gasteiger partial charge is 0.152 e. The van der Waals surface area contributed by atoms with Crippen LogP contribution in [0.3, 0.4) is 0 Å². The standard InChI is InChI=1S/C16H19ClN2O/c1-3-7-20-14-6-4-5-13(9-14)11-18-15-8-12(2)10-19-16(15)17/h4-6,8-10,18H,3,7,11H2,1-2H3. The Kier molecular flexibility index (Phi) is 5.24. The number of hydrogen-bond donors (Lipinski definition) is 1. The molecule has 1 N–H and O–H groups in total. The van der Waals surface area contributed by atoms with Crippen molar-refractivity contribution in [3.63, 3.8) is 0 Å². The largest absolute Gasteiger partial charge is 0.494 e. The van der Waals surface area contributed by atoms with E-state index < -0.39 is 0 Å². The second-order valence-electron chi connectivity index (χ2n) is 4.70. The zero-order valence-electron chi connectivity index (χ0n) is 11.8. The summed E-state index contributed by atoms with van der Waals surface area (Å²) in [6.45, 7) is 5.52. The molecule has 0 saturated heterocycles. The molecule has 106 valence electrons. The molecule has 4 heteroatoms. The maximum Gasteiger partial charge on any atom is 0.152 e. The third-order valence-electron chi connectivity index (χ3n) is 2.83. The number of ether oxygens (including phenoxy) is 1. The molecule has 2 aromatic rings. The van der Waals surface area contributed by atoms with E-state index in [4.69, 9.17) is 16.3 Å². The molecule has 0 spiro atoms. The third-order valence-corrected chi connectivity index (χ3v) is 3.13. The molecule has 1 aromatic heterocycles. The van der Waals surface area contributed by atoms with Gasteiger partial charge in [-0.15, -0.1) is 0 Å². The van der Waals surface area contributed by atoms with Gasteiger partial charge in [0.25, 0.3) is 0 Å². The van der Waals surface area contributed by atoms with Crippen molar-refractivity contribution < 1.29 is 4.74 Å². The minimum atomic E-state index is 0.494. The van der Waals surface area contributed by atoms with E-state index in [1.54, 1.807) is 6.20 Å². The molecule has 20 heavy (non-hydrogen) atoms. The fourth-order valence-corrected chi connectivity index (χ4v) is 2.01. The molecule has 0 atom stereocenters. The van der Waals surface area contributed by atoms with Crippen LogP contribution >= 0.6 is 11.6 Å². The molecule has 2 rings (SSSR count). The predicted molar refractivity (Wildman–Crippen MR) is 83.5 cm³/mol. The summed E-state index contributed by atoms with van der Waals surface area (Å²) in [6, 6.07) is 10.1. The molecular formula is C16H19ClN2O. The fraction of sp³-hybridized carbons (Fsp3) is 0.312. The molecule has 0 saturated carbocycles. The van der Waals surface area contributed by atoms with E-state index in [0.717, 1.165) is 35.6 Å². The molecule has 0 radical (unpaired) electrons. The Morgan fingerprint density at radius 1 is 1.30 bits per heavy atom. The first-order valence-electron chi connectivity index (χ1n) is 6.77. The highest BCUT2D eigenvalue weighted by atomic mass is 35.5. The van der Waals surface area contributed by atoms with Crippen molar-refractivity contribution in [2.75, 3.05) is 11.9 Å². The van der Waals surface area contributed by atoms with Gasteiger partial charge in [0.2, 0.25) is 0 Å². The summed E-state index contributed by atoms with van der Waals surface area (Å²) in [6.07, 6.45) is 2.76. The zero-order chi connectivity index (χ0) is 14.4. The molecule has 1 heterocycles. The number of benzene rings is 1. The molecular weight excluding hydrogens is 272 g/mol. The summed E-state index contributed by atoms with van der Waals surface area (Å²) in [7, 11) is 0. The summed E-state index contributed by atoms with van der Waals surface area (Å²) >= 11 is 6.06. The first-order valence-corrected chi connectivity index (χ1v) is 7.14. The van der Waals surface area contributed by atoms with Gasteiger partial charge in [-0.3, -0.25) is 0 Å². The normalized spacial score (nSPS) is 10.3. The lowest BCUT2D eigenvalue weighted by atomic mass is 10.2. The van der Waals surface area contributed by atoms with Crippen molar-refractivity contribution in [2.24, 2.45) is 0 Å². The topological polar surface area (TPSA) is 34.1 Å². The molecule has 1 aromatic carbocycles. The molecule has 0 aliphatic rings. The van der Waals surface area contributed by atoms with Crippen LogP contribution in [0.25, 0.3) is 0 Å². The van der Waals surface area contributed by atoms with E-state index in [2.05, 4.69) is 23.3 Å². The van der Waals surface area contributed by atoms with Crippen LogP contribution in [0.5, 0.6) is 5.75 Å². The van der Waals surface area contributed by atoms with Crippen LogP contribution in [0.4, 0.5) is 5.69 Å². The summed E-state index contributed by atoms with van der Waals surface area (Å²) < 4.78 is 5.62. The van der Waals surface area contributed by atoms with Crippen LogP contribution in [0.15, 0.2) is 36.5 Å². The molecule has 0 unspecified atom stereocenters. The Hall–Kier alpha value is -1.74. The number of aryl methyl sites for hydroxylation is 1. The van der Waals surface area contributed by atoms with E-state index >= 15 is 0 Å². The van der Waals surface area contributed by atoms with Crippen molar-refractivity contribution in [3.8, 4) is 5.75 Å².